The number of amidine groups is 1. The van der Waals surface area contributed by atoms with E-state index in [9.17, 15) is 0 Å². The molecule has 1 unspecified atom stereocenters. The Kier molecular flexibility index (Phi) is 1.94. The minimum absolute atomic E-state index is 0.794. The molecule has 2 N–H and O–H groups in total. The van der Waals surface area contributed by atoms with Crippen LogP contribution >= 0.6 is 0 Å². The monoisotopic (exact) mass is 142 g/mol. The number of quaternary nitrogens is 1. The molecule has 3 nitrogen and oxygen atoms in total. The van der Waals surface area contributed by atoms with E-state index in [-0.39, 0.29) is 0 Å². The zero-order valence-electron chi connectivity index (χ0n) is 6.80. The minimum atomic E-state index is 0.794. The Balaban J connectivity index is 2.54. The van der Waals surface area contributed by atoms with Crippen LogP contribution in [0.4, 0.5) is 0 Å². The molecule has 0 aliphatic carbocycles. The maximum Gasteiger partial charge on any atom is 0.161 e. The molecule has 1 aliphatic rings. The molecular formula is C7H16N3+. The van der Waals surface area contributed by atoms with E-state index in [1.807, 2.05) is 0 Å². The van der Waals surface area contributed by atoms with Crippen LogP contribution in [0.5, 0.6) is 0 Å². The lowest BCUT2D eigenvalue weighted by Crippen LogP contribution is -2.36. The second kappa shape index (κ2) is 2.58. The normalized spacial score (nSPS) is 32.4. The van der Waals surface area contributed by atoms with Gasteiger partial charge < -0.3 is 5.73 Å². The summed E-state index contributed by atoms with van der Waals surface area (Å²) in [6.07, 6.45) is 2.14. The molecule has 0 radical (unpaired) electrons. The number of rotatable bonds is 2. The highest BCUT2D eigenvalue weighted by Gasteiger charge is 2.26. The summed E-state index contributed by atoms with van der Waals surface area (Å²) in [6, 6.07) is 0. The van der Waals surface area contributed by atoms with E-state index in [1.165, 1.54) is 6.42 Å². The molecule has 3 heteroatoms. The summed E-state index contributed by atoms with van der Waals surface area (Å²) in [5, 5.41) is 4.34. The lowest BCUT2D eigenvalue weighted by molar-refractivity contribution is -0.910. The van der Waals surface area contributed by atoms with Crippen LogP contribution in [0.3, 0.4) is 0 Å². The zero-order valence-corrected chi connectivity index (χ0v) is 6.80. The predicted octanol–water partition coefficient (Wildman–Crippen LogP) is 0.519. The van der Waals surface area contributed by atoms with E-state index in [0.717, 1.165) is 29.9 Å². The fourth-order valence-electron chi connectivity index (χ4n) is 1.41. The first-order chi connectivity index (χ1) is 4.66. The zero-order chi connectivity index (χ0) is 7.61. The SMILES string of the molecule is CCC[N+]1(C)CCC(N)=N1. The molecule has 1 rings (SSSR count). The highest BCUT2D eigenvalue weighted by Crippen LogP contribution is 2.12. The average molecular weight is 142 g/mol. The third-order valence-electron chi connectivity index (χ3n) is 1.92. The van der Waals surface area contributed by atoms with E-state index in [0.29, 0.717) is 0 Å². The van der Waals surface area contributed by atoms with Gasteiger partial charge in [0.1, 0.15) is 13.1 Å². The minimum Gasteiger partial charge on any atom is -0.383 e. The quantitative estimate of drug-likeness (QED) is 0.561. The Morgan fingerprint density at radius 3 is 2.80 bits per heavy atom. The fourth-order valence-corrected chi connectivity index (χ4v) is 1.41. The Bertz CT molecular complexity index is 153. The molecule has 0 fully saturated rings. The highest BCUT2D eigenvalue weighted by molar-refractivity contribution is 5.80. The Morgan fingerprint density at radius 2 is 2.40 bits per heavy atom. The number of hydrogen-bond acceptors (Lipinski definition) is 2. The Hall–Kier alpha value is -0.570. The van der Waals surface area contributed by atoms with Crippen molar-refractivity contribution in [3.63, 3.8) is 0 Å². The van der Waals surface area contributed by atoms with Crippen molar-refractivity contribution in [2.75, 3.05) is 20.1 Å². The van der Waals surface area contributed by atoms with Gasteiger partial charge in [-0.05, 0) is 6.42 Å². The van der Waals surface area contributed by atoms with Crippen LogP contribution < -0.4 is 5.73 Å². The van der Waals surface area contributed by atoms with Crippen LogP contribution in [0.15, 0.2) is 5.10 Å². The van der Waals surface area contributed by atoms with Crippen molar-refractivity contribution in [3.8, 4) is 0 Å². The average Bonchev–Trinajstić information content (AvgIpc) is 2.12. The van der Waals surface area contributed by atoms with Gasteiger partial charge in [-0.3, -0.25) is 0 Å². The van der Waals surface area contributed by atoms with Crippen molar-refractivity contribution in [2.45, 2.75) is 19.8 Å². The van der Waals surface area contributed by atoms with Crippen LogP contribution in [0.2, 0.25) is 0 Å². The van der Waals surface area contributed by atoms with Crippen molar-refractivity contribution in [3.05, 3.63) is 0 Å². The second-order valence-electron chi connectivity index (χ2n) is 3.13. The maximum atomic E-state index is 5.57. The van der Waals surface area contributed by atoms with E-state index in [1.54, 1.807) is 0 Å². The van der Waals surface area contributed by atoms with Gasteiger partial charge in [-0.15, -0.1) is 0 Å². The third kappa shape index (κ3) is 1.48. The summed E-state index contributed by atoms with van der Waals surface area (Å²) >= 11 is 0. The van der Waals surface area contributed by atoms with Gasteiger partial charge in [-0.2, -0.15) is 4.59 Å². The molecule has 10 heavy (non-hydrogen) atoms. The predicted molar refractivity (Wildman–Crippen MR) is 42.4 cm³/mol. The number of nitrogens with two attached hydrogens (primary N) is 1. The molecule has 58 valence electrons. The molecule has 1 aliphatic heterocycles. The van der Waals surface area contributed by atoms with E-state index < -0.39 is 0 Å². The van der Waals surface area contributed by atoms with Gasteiger partial charge in [0.2, 0.25) is 0 Å². The van der Waals surface area contributed by atoms with Crippen LogP contribution in [-0.4, -0.2) is 30.6 Å². The standard InChI is InChI=1S/C7H16N3/c1-3-5-10(2)6-4-7(8)9-10/h3-6H2,1-2H3,(H2,8,9)/q+1. The molecule has 0 bridgehead atoms. The summed E-state index contributed by atoms with van der Waals surface area (Å²) in [6.45, 7) is 4.37. The first-order valence-corrected chi connectivity index (χ1v) is 3.85. The van der Waals surface area contributed by atoms with Crippen molar-refractivity contribution in [1.29, 1.82) is 0 Å². The summed E-state index contributed by atoms with van der Waals surface area (Å²) in [4.78, 5) is 0. The molecule has 1 heterocycles. The molecule has 0 aromatic rings. The molecule has 0 saturated carbocycles. The van der Waals surface area contributed by atoms with Crippen molar-refractivity contribution in [1.82, 2.24) is 0 Å². The van der Waals surface area contributed by atoms with Gasteiger partial charge in [-0.25, -0.2) is 0 Å². The lowest BCUT2D eigenvalue weighted by atomic mass is 10.3. The van der Waals surface area contributed by atoms with Gasteiger partial charge in [-0.1, -0.05) is 12.0 Å². The summed E-state index contributed by atoms with van der Waals surface area (Å²) in [5.41, 5.74) is 5.57. The molecule has 1 atom stereocenters. The summed E-state index contributed by atoms with van der Waals surface area (Å²) < 4.78 is 0.794. The largest absolute Gasteiger partial charge is 0.383 e. The van der Waals surface area contributed by atoms with Gasteiger partial charge >= 0.3 is 0 Å². The molecule has 0 amide bonds. The van der Waals surface area contributed by atoms with Gasteiger partial charge in [0, 0.05) is 0 Å². The second-order valence-corrected chi connectivity index (χ2v) is 3.13. The Labute approximate surface area is 62.1 Å². The Morgan fingerprint density at radius 1 is 1.70 bits per heavy atom. The highest BCUT2D eigenvalue weighted by atomic mass is 15.6. The maximum absolute atomic E-state index is 5.57. The topological polar surface area (TPSA) is 38.4 Å². The summed E-state index contributed by atoms with van der Waals surface area (Å²) in [5.74, 6) is 0.816. The van der Waals surface area contributed by atoms with Crippen molar-refractivity contribution < 1.29 is 4.59 Å². The van der Waals surface area contributed by atoms with Gasteiger partial charge in [0.05, 0.1) is 13.5 Å². The molecular weight excluding hydrogens is 126 g/mol. The molecule has 0 saturated heterocycles. The number of nitrogens with zero attached hydrogens (tertiary/aromatic N) is 2. The first kappa shape index (κ1) is 7.54. The van der Waals surface area contributed by atoms with E-state index in [2.05, 4.69) is 19.1 Å². The molecule has 0 aromatic carbocycles. The summed E-state index contributed by atoms with van der Waals surface area (Å²) in [7, 11) is 2.13. The van der Waals surface area contributed by atoms with Crippen LogP contribution in [0.25, 0.3) is 0 Å². The van der Waals surface area contributed by atoms with Gasteiger partial charge in [0.25, 0.3) is 0 Å². The van der Waals surface area contributed by atoms with Crippen molar-refractivity contribution >= 4 is 5.84 Å². The van der Waals surface area contributed by atoms with Crippen LogP contribution in [0, 0.1) is 0 Å². The molecule has 0 spiro atoms. The van der Waals surface area contributed by atoms with Gasteiger partial charge in [0.15, 0.2) is 5.84 Å². The lowest BCUT2D eigenvalue weighted by Gasteiger charge is -2.21. The smallest absolute Gasteiger partial charge is 0.161 e. The third-order valence-corrected chi connectivity index (χ3v) is 1.92. The van der Waals surface area contributed by atoms with Crippen LogP contribution in [0.1, 0.15) is 19.8 Å². The molecule has 0 aromatic heterocycles. The van der Waals surface area contributed by atoms with Crippen molar-refractivity contribution in [2.24, 2.45) is 10.8 Å². The van der Waals surface area contributed by atoms with Crippen LogP contribution in [-0.2, 0) is 0 Å². The fraction of sp³-hybridized carbons (Fsp3) is 0.857. The number of hydrogen-bond donors (Lipinski definition) is 1. The first-order valence-electron chi connectivity index (χ1n) is 3.85. The van der Waals surface area contributed by atoms with E-state index >= 15 is 0 Å². The van der Waals surface area contributed by atoms with E-state index in [4.69, 9.17) is 5.73 Å².